The number of carbonyl (C=O) groups excluding carboxylic acids is 1. The Kier molecular flexibility index (Phi) is 5.17. The van der Waals surface area contributed by atoms with Gasteiger partial charge in [0, 0.05) is 11.9 Å². The predicted molar refractivity (Wildman–Crippen MR) is 115 cm³/mol. The zero-order chi connectivity index (χ0) is 19.5. The molecule has 2 heterocycles. The van der Waals surface area contributed by atoms with Gasteiger partial charge in [0.15, 0.2) is 5.16 Å². The standard InChI is InChI=1S/C23H21N3OS/c1-16-11-12-17(2)20(14-16)25-22(27)21(18-8-4-3-5-9-18)28-23-24-15-19-10-6-7-13-26(19)23/h3-15,21H,1-2H3,(H,25,27). The van der Waals surface area contributed by atoms with Crippen LogP contribution in [-0.2, 0) is 4.79 Å². The normalized spacial score (nSPS) is 12.1. The fraction of sp³-hybridized carbons (Fsp3) is 0.130. The van der Waals surface area contributed by atoms with Gasteiger partial charge in [-0.15, -0.1) is 0 Å². The van der Waals surface area contributed by atoms with Crippen molar-refractivity contribution < 1.29 is 4.79 Å². The first-order valence-corrected chi connectivity index (χ1v) is 10.0. The topological polar surface area (TPSA) is 46.4 Å². The number of anilines is 1. The molecule has 1 N–H and O–H groups in total. The molecule has 2 aromatic carbocycles. The number of aryl methyl sites for hydroxylation is 2. The first kappa shape index (κ1) is 18.3. The van der Waals surface area contributed by atoms with Gasteiger partial charge >= 0.3 is 0 Å². The first-order valence-electron chi connectivity index (χ1n) is 9.13. The molecule has 0 aliphatic rings. The summed E-state index contributed by atoms with van der Waals surface area (Å²) in [6.45, 7) is 4.02. The molecular formula is C23H21N3OS. The summed E-state index contributed by atoms with van der Waals surface area (Å²) in [7, 11) is 0. The zero-order valence-corrected chi connectivity index (χ0v) is 16.6. The maximum atomic E-state index is 13.3. The Morgan fingerprint density at radius 3 is 2.64 bits per heavy atom. The van der Waals surface area contributed by atoms with Crippen LogP contribution in [0.25, 0.3) is 5.52 Å². The fourth-order valence-corrected chi connectivity index (χ4v) is 4.14. The molecule has 0 bridgehead atoms. The first-order chi connectivity index (χ1) is 13.6. The Bertz CT molecular complexity index is 1120. The second kappa shape index (κ2) is 7.90. The van der Waals surface area contributed by atoms with Crippen molar-refractivity contribution in [2.75, 3.05) is 5.32 Å². The second-order valence-corrected chi connectivity index (χ2v) is 7.82. The summed E-state index contributed by atoms with van der Waals surface area (Å²) in [6, 6.07) is 21.9. The maximum absolute atomic E-state index is 13.3. The van der Waals surface area contributed by atoms with E-state index < -0.39 is 5.25 Å². The highest BCUT2D eigenvalue weighted by Gasteiger charge is 2.24. The second-order valence-electron chi connectivity index (χ2n) is 6.75. The molecule has 0 aliphatic carbocycles. The lowest BCUT2D eigenvalue weighted by atomic mass is 10.1. The highest BCUT2D eigenvalue weighted by atomic mass is 32.2. The van der Waals surface area contributed by atoms with Crippen LogP contribution in [-0.4, -0.2) is 15.3 Å². The van der Waals surface area contributed by atoms with Crippen molar-refractivity contribution in [3.05, 3.63) is 95.8 Å². The van der Waals surface area contributed by atoms with Crippen molar-refractivity contribution in [3.63, 3.8) is 0 Å². The van der Waals surface area contributed by atoms with E-state index in [0.29, 0.717) is 0 Å². The highest BCUT2D eigenvalue weighted by molar-refractivity contribution is 8.00. The third kappa shape index (κ3) is 3.80. The summed E-state index contributed by atoms with van der Waals surface area (Å²) >= 11 is 1.46. The van der Waals surface area contributed by atoms with E-state index in [1.165, 1.54) is 11.8 Å². The molecule has 0 radical (unpaired) electrons. The van der Waals surface area contributed by atoms with Gasteiger partial charge in [-0.25, -0.2) is 4.98 Å². The van der Waals surface area contributed by atoms with Gasteiger partial charge in [-0.2, -0.15) is 0 Å². The molecule has 140 valence electrons. The van der Waals surface area contributed by atoms with Crippen molar-refractivity contribution in [2.24, 2.45) is 0 Å². The van der Waals surface area contributed by atoms with Gasteiger partial charge < -0.3 is 5.32 Å². The van der Waals surface area contributed by atoms with Crippen molar-refractivity contribution in [2.45, 2.75) is 24.3 Å². The Morgan fingerprint density at radius 2 is 1.82 bits per heavy atom. The van der Waals surface area contributed by atoms with Gasteiger partial charge in [0.05, 0.1) is 11.7 Å². The number of rotatable bonds is 5. The monoisotopic (exact) mass is 387 g/mol. The maximum Gasteiger partial charge on any atom is 0.242 e. The van der Waals surface area contributed by atoms with Gasteiger partial charge in [-0.3, -0.25) is 9.20 Å². The molecule has 0 saturated heterocycles. The molecule has 1 atom stereocenters. The van der Waals surface area contributed by atoms with Crippen LogP contribution in [0.2, 0.25) is 0 Å². The molecule has 1 unspecified atom stereocenters. The number of hydrogen-bond acceptors (Lipinski definition) is 3. The van der Waals surface area contributed by atoms with Crippen LogP contribution in [0.15, 0.2) is 84.3 Å². The number of amides is 1. The summed E-state index contributed by atoms with van der Waals surface area (Å²) in [5.74, 6) is -0.0578. The molecule has 5 heteroatoms. The van der Waals surface area contributed by atoms with Crippen LogP contribution in [0, 0.1) is 13.8 Å². The van der Waals surface area contributed by atoms with Crippen molar-refractivity contribution in [1.29, 1.82) is 0 Å². The number of imidazole rings is 1. The smallest absolute Gasteiger partial charge is 0.242 e. The summed E-state index contributed by atoms with van der Waals surface area (Å²) in [5.41, 5.74) is 4.96. The van der Waals surface area contributed by atoms with E-state index in [-0.39, 0.29) is 5.91 Å². The average Bonchev–Trinajstić information content (AvgIpc) is 3.12. The molecule has 2 aromatic heterocycles. The Labute approximate surface area is 168 Å². The molecule has 1 amide bonds. The van der Waals surface area contributed by atoms with E-state index in [9.17, 15) is 4.79 Å². The van der Waals surface area contributed by atoms with Gasteiger partial charge in [0.2, 0.25) is 5.91 Å². The van der Waals surface area contributed by atoms with Crippen LogP contribution in [0.5, 0.6) is 0 Å². The minimum Gasteiger partial charge on any atom is -0.325 e. The van der Waals surface area contributed by atoms with Crippen molar-refractivity contribution in [1.82, 2.24) is 9.38 Å². The molecule has 0 saturated carbocycles. The number of nitrogens with one attached hydrogen (secondary N) is 1. The van der Waals surface area contributed by atoms with Crippen LogP contribution < -0.4 is 5.32 Å². The number of pyridine rings is 1. The largest absolute Gasteiger partial charge is 0.325 e. The molecule has 28 heavy (non-hydrogen) atoms. The summed E-state index contributed by atoms with van der Waals surface area (Å²) in [4.78, 5) is 17.8. The number of aromatic nitrogens is 2. The number of benzene rings is 2. The Morgan fingerprint density at radius 1 is 1.04 bits per heavy atom. The van der Waals surface area contributed by atoms with Crippen LogP contribution in [0.3, 0.4) is 0 Å². The Hall–Kier alpha value is -3.05. The molecule has 4 aromatic rings. The van der Waals surface area contributed by atoms with Crippen molar-refractivity contribution >= 4 is 28.9 Å². The van der Waals surface area contributed by atoms with Crippen LogP contribution in [0.4, 0.5) is 5.69 Å². The molecule has 0 fully saturated rings. The van der Waals surface area contributed by atoms with E-state index in [1.807, 2.05) is 97.4 Å². The molecule has 4 rings (SSSR count). The van der Waals surface area contributed by atoms with Crippen LogP contribution in [0.1, 0.15) is 21.9 Å². The Balaban J connectivity index is 1.67. The summed E-state index contributed by atoms with van der Waals surface area (Å²) < 4.78 is 2.01. The van der Waals surface area contributed by atoms with E-state index in [1.54, 1.807) is 0 Å². The zero-order valence-electron chi connectivity index (χ0n) is 15.8. The van der Waals surface area contributed by atoms with Gasteiger partial charge in [0.25, 0.3) is 0 Å². The summed E-state index contributed by atoms with van der Waals surface area (Å²) in [5, 5.41) is 3.50. The van der Waals surface area contributed by atoms with Gasteiger partial charge in [-0.1, -0.05) is 60.3 Å². The third-order valence-corrected chi connectivity index (χ3v) is 5.85. The molecule has 0 spiro atoms. The number of carbonyl (C=O) groups is 1. The minimum atomic E-state index is -0.410. The SMILES string of the molecule is Cc1ccc(C)c(NC(=O)C(Sc2ncc3ccccn23)c2ccccc2)c1. The van der Waals surface area contributed by atoms with Gasteiger partial charge in [-0.05, 0) is 48.7 Å². The minimum absolute atomic E-state index is 0.0578. The quantitative estimate of drug-likeness (QED) is 0.465. The fourth-order valence-electron chi connectivity index (χ4n) is 3.08. The van der Waals surface area contributed by atoms with E-state index >= 15 is 0 Å². The number of hydrogen-bond donors (Lipinski definition) is 1. The molecule has 4 nitrogen and oxygen atoms in total. The molecular weight excluding hydrogens is 366 g/mol. The van der Waals surface area contributed by atoms with Crippen LogP contribution >= 0.6 is 11.8 Å². The lowest BCUT2D eigenvalue weighted by molar-refractivity contribution is -0.115. The van der Waals surface area contributed by atoms with E-state index in [2.05, 4.69) is 10.3 Å². The van der Waals surface area contributed by atoms with Crippen molar-refractivity contribution in [3.8, 4) is 0 Å². The van der Waals surface area contributed by atoms with E-state index in [0.717, 1.165) is 33.1 Å². The third-order valence-electron chi connectivity index (χ3n) is 4.62. The summed E-state index contributed by atoms with van der Waals surface area (Å²) in [6.07, 6.45) is 3.79. The number of nitrogens with zero attached hydrogens (tertiary/aromatic N) is 2. The number of fused-ring (bicyclic) bond motifs is 1. The lowest BCUT2D eigenvalue weighted by Crippen LogP contribution is -2.20. The van der Waals surface area contributed by atoms with E-state index in [4.69, 9.17) is 0 Å². The highest BCUT2D eigenvalue weighted by Crippen LogP contribution is 2.36. The average molecular weight is 388 g/mol. The number of thioether (sulfide) groups is 1. The van der Waals surface area contributed by atoms with Gasteiger partial charge in [0.1, 0.15) is 5.25 Å². The lowest BCUT2D eigenvalue weighted by Gasteiger charge is -2.17. The molecule has 0 aliphatic heterocycles. The predicted octanol–water partition coefficient (Wildman–Crippen LogP) is 5.42.